The van der Waals surface area contributed by atoms with Crippen LogP contribution in [0.5, 0.6) is 0 Å². The van der Waals surface area contributed by atoms with E-state index < -0.39 is 10.0 Å². The Morgan fingerprint density at radius 2 is 2.00 bits per heavy atom. The van der Waals surface area contributed by atoms with Crippen LogP contribution < -0.4 is 5.32 Å². The highest BCUT2D eigenvalue weighted by Crippen LogP contribution is 2.24. The van der Waals surface area contributed by atoms with Crippen LogP contribution in [0.4, 0.5) is 5.69 Å². The van der Waals surface area contributed by atoms with Crippen molar-refractivity contribution < 1.29 is 13.2 Å². The number of carbonyl (C=O) groups excluding carboxylic acids is 1. The van der Waals surface area contributed by atoms with Gasteiger partial charge in [0.2, 0.25) is 15.9 Å². The molecule has 5 nitrogen and oxygen atoms in total. The quantitative estimate of drug-likeness (QED) is 0.831. The van der Waals surface area contributed by atoms with Crippen molar-refractivity contribution >= 4 is 21.6 Å². The largest absolute Gasteiger partial charge is 0.326 e. The summed E-state index contributed by atoms with van der Waals surface area (Å²) in [7, 11) is -3.47. The fourth-order valence-electron chi connectivity index (χ4n) is 3.30. The van der Waals surface area contributed by atoms with Gasteiger partial charge in [-0.3, -0.25) is 4.79 Å². The van der Waals surface area contributed by atoms with Gasteiger partial charge in [0.1, 0.15) is 0 Å². The van der Waals surface area contributed by atoms with Crippen LogP contribution in [0.2, 0.25) is 0 Å². The number of rotatable bonds is 5. The summed E-state index contributed by atoms with van der Waals surface area (Å²) in [5.41, 5.74) is 0.542. The molecule has 1 aromatic rings. The first kappa shape index (κ1) is 17.2. The SMILES string of the molecule is O=C(CC1C=CCC1)Nc1cccc(S(=O)(=O)N2CCCCC2)c1. The van der Waals surface area contributed by atoms with E-state index in [1.54, 1.807) is 28.6 Å². The van der Waals surface area contributed by atoms with Gasteiger partial charge in [-0.2, -0.15) is 4.31 Å². The molecule has 0 bridgehead atoms. The second-order valence-electron chi connectivity index (χ2n) is 6.51. The molecular formula is C18H24N2O3S. The Kier molecular flexibility index (Phi) is 5.36. The molecule has 1 atom stereocenters. The predicted octanol–water partition coefficient (Wildman–Crippen LogP) is 3.16. The van der Waals surface area contributed by atoms with E-state index in [9.17, 15) is 13.2 Å². The fraction of sp³-hybridized carbons (Fsp3) is 0.500. The molecule has 0 saturated carbocycles. The molecule has 1 amide bonds. The number of hydrogen-bond donors (Lipinski definition) is 1. The molecule has 1 heterocycles. The summed E-state index contributed by atoms with van der Waals surface area (Å²) in [6, 6.07) is 6.57. The maximum Gasteiger partial charge on any atom is 0.243 e. The Balaban J connectivity index is 1.69. The zero-order valence-electron chi connectivity index (χ0n) is 13.8. The maximum absolute atomic E-state index is 12.7. The van der Waals surface area contributed by atoms with Gasteiger partial charge in [0.05, 0.1) is 4.90 Å². The van der Waals surface area contributed by atoms with Crippen molar-refractivity contribution in [3.05, 3.63) is 36.4 Å². The number of carbonyl (C=O) groups is 1. The first-order valence-corrected chi connectivity index (χ1v) is 10.1. The van der Waals surface area contributed by atoms with E-state index >= 15 is 0 Å². The molecular weight excluding hydrogens is 324 g/mol. The Morgan fingerprint density at radius 1 is 1.21 bits per heavy atom. The van der Waals surface area contributed by atoms with Crippen molar-refractivity contribution in [1.82, 2.24) is 4.31 Å². The summed E-state index contributed by atoms with van der Waals surface area (Å²) in [4.78, 5) is 12.4. The minimum absolute atomic E-state index is 0.0703. The number of benzene rings is 1. The van der Waals surface area contributed by atoms with Gasteiger partial charge < -0.3 is 5.32 Å². The van der Waals surface area contributed by atoms with Crippen LogP contribution in [0.3, 0.4) is 0 Å². The van der Waals surface area contributed by atoms with Gasteiger partial charge in [-0.15, -0.1) is 0 Å². The number of nitrogens with zero attached hydrogens (tertiary/aromatic N) is 1. The first-order chi connectivity index (χ1) is 11.6. The lowest BCUT2D eigenvalue weighted by molar-refractivity contribution is -0.116. The molecule has 24 heavy (non-hydrogen) atoms. The van der Waals surface area contributed by atoms with E-state index in [1.165, 1.54) is 0 Å². The van der Waals surface area contributed by atoms with Gasteiger partial charge in [-0.1, -0.05) is 24.6 Å². The third kappa shape index (κ3) is 4.05. The Morgan fingerprint density at radius 3 is 2.71 bits per heavy atom. The van der Waals surface area contributed by atoms with E-state index in [0.29, 0.717) is 31.1 Å². The van der Waals surface area contributed by atoms with Gasteiger partial charge in [0.25, 0.3) is 0 Å². The average molecular weight is 348 g/mol. The summed E-state index contributed by atoms with van der Waals surface area (Å²) in [5.74, 6) is 0.226. The molecule has 1 aliphatic heterocycles. The monoisotopic (exact) mass is 348 g/mol. The number of anilines is 1. The summed E-state index contributed by atoms with van der Waals surface area (Å²) < 4.78 is 27.0. The van der Waals surface area contributed by atoms with Gasteiger partial charge in [-0.05, 0) is 49.8 Å². The van der Waals surface area contributed by atoms with Crippen LogP contribution in [0.25, 0.3) is 0 Å². The normalized spacial score (nSPS) is 21.8. The zero-order chi connectivity index (χ0) is 17.0. The van der Waals surface area contributed by atoms with Crippen molar-refractivity contribution in [3.8, 4) is 0 Å². The molecule has 6 heteroatoms. The van der Waals surface area contributed by atoms with Gasteiger partial charge in [0, 0.05) is 25.2 Å². The van der Waals surface area contributed by atoms with Gasteiger partial charge in [0.15, 0.2) is 0 Å². The molecule has 130 valence electrons. The van der Waals surface area contributed by atoms with E-state index in [0.717, 1.165) is 32.1 Å². The summed E-state index contributed by atoms with van der Waals surface area (Å²) in [6.45, 7) is 1.15. The van der Waals surface area contributed by atoms with Crippen LogP contribution in [0, 0.1) is 5.92 Å². The minimum Gasteiger partial charge on any atom is -0.326 e. The number of allylic oxidation sites excluding steroid dienone is 2. The van der Waals surface area contributed by atoms with E-state index in [1.807, 2.05) is 0 Å². The van der Waals surface area contributed by atoms with Crippen LogP contribution in [0.1, 0.15) is 38.5 Å². The van der Waals surface area contributed by atoms with Crippen molar-refractivity contribution in [3.63, 3.8) is 0 Å². The standard InChI is InChI=1S/C18H24N2O3S/c21-18(13-15-7-2-3-8-15)19-16-9-6-10-17(14-16)24(22,23)20-11-4-1-5-12-20/h2,6-7,9-10,14-15H,1,3-5,8,11-13H2,(H,19,21). The molecule has 0 spiro atoms. The third-order valence-corrected chi connectivity index (χ3v) is 6.53. The van der Waals surface area contributed by atoms with Crippen molar-refractivity contribution in [2.75, 3.05) is 18.4 Å². The van der Waals surface area contributed by atoms with E-state index in [4.69, 9.17) is 0 Å². The third-order valence-electron chi connectivity index (χ3n) is 4.63. The van der Waals surface area contributed by atoms with Crippen molar-refractivity contribution in [2.45, 2.75) is 43.4 Å². The van der Waals surface area contributed by atoms with Crippen molar-refractivity contribution in [1.29, 1.82) is 0 Å². The highest BCUT2D eigenvalue weighted by atomic mass is 32.2. The van der Waals surface area contributed by atoms with E-state index in [2.05, 4.69) is 17.5 Å². The number of sulfonamides is 1. The predicted molar refractivity (Wildman–Crippen MR) is 94.2 cm³/mol. The average Bonchev–Trinajstić information content (AvgIpc) is 3.08. The smallest absolute Gasteiger partial charge is 0.243 e. The molecule has 1 saturated heterocycles. The first-order valence-electron chi connectivity index (χ1n) is 8.62. The molecule has 1 N–H and O–H groups in total. The Labute approximate surface area is 143 Å². The molecule has 1 aromatic carbocycles. The molecule has 1 fully saturated rings. The Bertz CT molecular complexity index is 722. The van der Waals surface area contributed by atoms with Gasteiger partial charge in [-0.25, -0.2) is 8.42 Å². The van der Waals surface area contributed by atoms with Crippen LogP contribution in [0.15, 0.2) is 41.3 Å². The highest BCUT2D eigenvalue weighted by molar-refractivity contribution is 7.89. The lowest BCUT2D eigenvalue weighted by Gasteiger charge is -2.26. The molecule has 0 radical (unpaired) electrons. The zero-order valence-corrected chi connectivity index (χ0v) is 14.6. The van der Waals surface area contributed by atoms with E-state index in [-0.39, 0.29) is 10.8 Å². The number of amides is 1. The minimum atomic E-state index is -3.47. The lowest BCUT2D eigenvalue weighted by atomic mass is 10.1. The highest BCUT2D eigenvalue weighted by Gasteiger charge is 2.26. The number of piperidine rings is 1. The van der Waals surface area contributed by atoms with Crippen LogP contribution in [-0.4, -0.2) is 31.7 Å². The number of nitrogens with one attached hydrogen (secondary N) is 1. The Hall–Kier alpha value is -1.66. The van der Waals surface area contributed by atoms with Crippen molar-refractivity contribution in [2.24, 2.45) is 5.92 Å². The molecule has 1 aliphatic carbocycles. The fourth-order valence-corrected chi connectivity index (χ4v) is 4.87. The molecule has 2 aliphatic rings. The summed E-state index contributed by atoms with van der Waals surface area (Å²) in [6.07, 6.45) is 9.56. The van der Waals surface area contributed by atoms with Crippen LogP contribution >= 0.6 is 0 Å². The van der Waals surface area contributed by atoms with Gasteiger partial charge >= 0.3 is 0 Å². The number of hydrogen-bond acceptors (Lipinski definition) is 3. The van der Waals surface area contributed by atoms with Crippen LogP contribution in [-0.2, 0) is 14.8 Å². The second kappa shape index (κ2) is 7.49. The summed E-state index contributed by atoms with van der Waals surface area (Å²) >= 11 is 0. The lowest BCUT2D eigenvalue weighted by Crippen LogP contribution is -2.35. The maximum atomic E-state index is 12.7. The summed E-state index contributed by atoms with van der Waals surface area (Å²) in [5, 5.41) is 2.83. The topological polar surface area (TPSA) is 66.5 Å². The molecule has 0 aromatic heterocycles. The second-order valence-corrected chi connectivity index (χ2v) is 8.45. The molecule has 3 rings (SSSR count). The molecule has 1 unspecified atom stereocenters.